The largest absolute Gasteiger partial charge is 0.384 e. The van der Waals surface area contributed by atoms with Crippen LogP contribution in [0.1, 0.15) is 35.9 Å². The van der Waals surface area contributed by atoms with Crippen molar-refractivity contribution in [2.24, 2.45) is 0 Å². The number of aryl methyl sites for hydroxylation is 1. The Labute approximate surface area is 126 Å². The standard InChI is InChI=1S/C13H19N5O4/c1-7-9(12(20)17-16-7)6-11(19)14-8(2)13-15-10(18-22-13)4-5-21-3/h8H,4-6H2,1-3H3,(H,14,19)(H2,16,17,20)/t8-/m1/s1. The van der Waals surface area contributed by atoms with Crippen molar-refractivity contribution in [3.63, 3.8) is 0 Å². The Bertz CT molecular complexity index is 687. The molecule has 0 bridgehead atoms. The summed E-state index contributed by atoms with van der Waals surface area (Å²) in [5.41, 5.74) is 0.767. The minimum atomic E-state index is -0.436. The third-order valence-corrected chi connectivity index (χ3v) is 3.19. The first-order valence-corrected chi connectivity index (χ1v) is 6.88. The molecule has 2 aromatic heterocycles. The lowest BCUT2D eigenvalue weighted by Gasteiger charge is -2.08. The van der Waals surface area contributed by atoms with E-state index < -0.39 is 6.04 Å². The summed E-state index contributed by atoms with van der Waals surface area (Å²) in [7, 11) is 1.59. The van der Waals surface area contributed by atoms with E-state index in [0.717, 1.165) is 0 Å². The first kappa shape index (κ1) is 16.0. The summed E-state index contributed by atoms with van der Waals surface area (Å²) < 4.78 is 10.0. The minimum Gasteiger partial charge on any atom is -0.384 e. The summed E-state index contributed by atoms with van der Waals surface area (Å²) in [5, 5.41) is 11.7. The van der Waals surface area contributed by atoms with Gasteiger partial charge in [-0.05, 0) is 13.8 Å². The second-order valence-corrected chi connectivity index (χ2v) is 4.94. The molecule has 22 heavy (non-hydrogen) atoms. The van der Waals surface area contributed by atoms with Gasteiger partial charge in [-0.3, -0.25) is 14.7 Å². The molecule has 0 aromatic carbocycles. The van der Waals surface area contributed by atoms with Crippen LogP contribution in [0.25, 0.3) is 0 Å². The maximum absolute atomic E-state index is 12.0. The maximum Gasteiger partial charge on any atom is 0.267 e. The van der Waals surface area contributed by atoms with Crippen LogP contribution in [0.4, 0.5) is 0 Å². The van der Waals surface area contributed by atoms with Crippen molar-refractivity contribution in [1.82, 2.24) is 25.7 Å². The van der Waals surface area contributed by atoms with E-state index >= 15 is 0 Å². The van der Waals surface area contributed by atoms with Gasteiger partial charge in [-0.1, -0.05) is 5.16 Å². The lowest BCUT2D eigenvalue weighted by molar-refractivity contribution is -0.121. The van der Waals surface area contributed by atoms with E-state index in [0.29, 0.717) is 36.0 Å². The molecule has 0 saturated carbocycles. The van der Waals surface area contributed by atoms with E-state index in [4.69, 9.17) is 9.26 Å². The van der Waals surface area contributed by atoms with Crippen molar-refractivity contribution < 1.29 is 14.1 Å². The highest BCUT2D eigenvalue weighted by Crippen LogP contribution is 2.10. The number of nitrogens with one attached hydrogen (secondary N) is 3. The average Bonchev–Trinajstić information content (AvgIpc) is 3.07. The number of aromatic nitrogens is 4. The second kappa shape index (κ2) is 7.03. The zero-order valence-electron chi connectivity index (χ0n) is 12.7. The van der Waals surface area contributed by atoms with Crippen LogP contribution in [-0.4, -0.2) is 40.0 Å². The molecule has 0 radical (unpaired) electrons. The van der Waals surface area contributed by atoms with Crippen LogP contribution >= 0.6 is 0 Å². The van der Waals surface area contributed by atoms with Crippen LogP contribution in [0, 0.1) is 6.92 Å². The van der Waals surface area contributed by atoms with Crippen molar-refractivity contribution in [2.45, 2.75) is 32.7 Å². The number of hydrogen-bond acceptors (Lipinski definition) is 6. The number of nitrogens with zero attached hydrogens (tertiary/aromatic N) is 2. The predicted octanol–water partition coefficient (Wildman–Crippen LogP) is 0.00322. The molecular formula is C13H19N5O4. The summed E-state index contributed by atoms with van der Waals surface area (Å²) in [5.74, 6) is 0.548. The molecule has 0 saturated heterocycles. The van der Waals surface area contributed by atoms with Gasteiger partial charge in [0.1, 0.15) is 6.04 Å². The molecule has 1 amide bonds. The molecule has 0 unspecified atom stereocenters. The molecule has 1 atom stereocenters. The van der Waals surface area contributed by atoms with Gasteiger partial charge < -0.3 is 19.7 Å². The van der Waals surface area contributed by atoms with Crippen molar-refractivity contribution in [2.75, 3.05) is 13.7 Å². The molecule has 3 N–H and O–H groups in total. The van der Waals surface area contributed by atoms with E-state index in [1.54, 1.807) is 21.0 Å². The Morgan fingerprint density at radius 2 is 2.23 bits per heavy atom. The highest BCUT2D eigenvalue weighted by Gasteiger charge is 2.18. The van der Waals surface area contributed by atoms with Gasteiger partial charge in [0.25, 0.3) is 5.56 Å². The quantitative estimate of drug-likeness (QED) is 0.661. The fourth-order valence-corrected chi connectivity index (χ4v) is 1.94. The molecular weight excluding hydrogens is 290 g/mol. The fourth-order valence-electron chi connectivity index (χ4n) is 1.94. The van der Waals surface area contributed by atoms with Crippen LogP contribution in [0.15, 0.2) is 9.32 Å². The summed E-state index contributed by atoms with van der Waals surface area (Å²) in [6.07, 6.45) is 0.526. The number of methoxy groups -OCH3 is 1. The minimum absolute atomic E-state index is 0.0142. The SMILES string of the molecule is COCCc1noc([C@@H](C)NC(=O)Cc2c(C)[nH][nH]c2=O)n1. The molecule has 0 fully saturated rings. The summed E-state index contributed by atoms with van der Waals surface area (Å²) in [6.45, 7) is 3.96. The van der Waals surface area contributed by atoms with Crippen molar-refractivity contribution in [3.8, 4) is 0 Å². The number of amides is 1. The normalized spacial score (nSPS) is 12.3. The van der Waals surface area contributed by atoms with Crippen LogP contribution < -0.4 is 10.9 Å². The average molecular weight is 309 g/mol. The van der Waals surface area contributed by atoms with Gasteiger partial charge in [0, 0.05) is 24.8 Å². The Balaban J connectivity index is 1.93. The molecule has 0 spiro atoms. The van der Waals surface area contributed by atoms with Gasteiger partial charge in [0.15, 0.2) is 5.82 Å². The smallest absolute Gasteiger partial charge is 0.267 e. The van der Waals surface area contributed by atoms with Crippen LogP contribution in [0.3, 0.4) is 0 Å². The Hall–Kier alpha value is -2.42. The molecule has 9 nitrogen and oxygen atoms in total. The van der Waals surface area contributed by atoms with Gasteiger partial charge in [0.2, 0.25) is 11.8 Å². The third-order valence-electron chi connectivity index (χ3n) is 3.19. The van der Waals surface area contributed by atoms with E-state index in [1.807, 2.05) is 0 Å². The number of ether oxygens (including phenoxy) is 1. The highest BCUT2D eigenvalue weighted by molar-refractivity contribution is 5.79. The fraction of sp³-hybridized carbons (Fsp3) is 0.538. The van der Waals surface area contributed by atoms with Crippen LogP contribution in [0.5, 0.6) is 0 Å². The summed E-state index contributed by atoms with van der Waals surface area (Å²) in [6, 6.07) is -0.436. The van der Waals surface area contributed by atoms with Gasteiger partial charge >= 0.3 is 0 Å². The molecule has 2 aromatic rings. The zero-order chi connectivity index (χ0) is 16.1. The van der Waals surface area contributed by atoms with Gasteiger partial charge in [0.05, 0.1) is 13.0 Å². The Morgan fingerprint density at radius 3 is 2.86 bits per heavy atom. The lowest BCUT2D eigenvalue weighted by atomic mass is 10.1. The molecule has 120 valence electrons. The van der Waals surface area contributed by atoms with E-state index in [1.165, 1.54) is 0 Å². The number of hydrogen-bond donors (Lipinski definition) is 3. The first-order valence-electron chi connectivity index (χ1n) is 6.88. The molecule has 0 aliphatic heterocycles. The number of carbonyl (C=O) groups excluding carboxylic acids is 1. The number of carbonyl (C=O) groups is 1. The second-order valence-electron chi connectivity index (χ2n) is 4.94. The van der Waals surface area contributed by atoms with Gasteiger partial charge in [-0.25, -0.2) is 0 Å². The number of H-pyrrole nitrogens is 2. The van der Waals surface area contributed by atoms with Gasteiger partial charge in [-0.2, -0.15) is 4.98 Å². The molecule has 0 aliphatic rings. The lowest BCUT2D eigenvalue weighted by Crippen LogP contribution is -2.29. The van der Waals surface area contributed by atoms with Crippen molar-refractivity contribution >= 4 is 5.91 Å². The van der Waals surface area contributed by atoms with Crippen molar-refractivity contribution in [1.29, 1.82) is 0 Å². The molecule has 0 aliphatic carbocycles. The van der Waals surface area contributed by atoms with Gasteiger partial charge in [-0.15, -0.1) is 0 Å². The summed E-state index contributed by atoms with van der Waals surface area (Å²) in [4.78, 5) is 27.7. The van der Waals surface area contributed by atoms with E-state index in [9.17, 15) is 9.59 Å². The third kappa shape index (κ3) is 3.82. The molecule has 9 heteroatoms. The number of aromatic amines is 2. The van der Waals surface area contributed by atoms with E-state index in [-0.39, 0.29) is 17.9 Å². The Kier molecular flexibility index (Phi) is 5.10. The van der Waals surface area contributed by atoms with E-state index in [2.05, 4.69) is 25.7 Å². The predicted molar refractivity (Wildman–Crippen MR) is 76.3 cm³/mol. The highest BCUT2D eigenvalue weighted by atomic mass is 16.5. The zero-order valence-corrected chi connectivity index (χ0v) is 12.7. The monoisotopic (exact) mass is 309 g/mol. The Morgan fingerprint density at radius 1 is 1.45 bits per heavy atom. The summed E-state index contributed by atoms with van der Waals surface area (Å²) >= 11 is 0. The molecule has 2 rings (SSSR count). The molecule has 2 heterocycles. The van der Waals surface area contributed by atoms with Crippen LogP contribution in [0.2, 0.25) is 0 Å². The van der Waals surface area contributed by atoms with Crippen molar-refractivity contribution in [3.05, 3.63) is 33.3 Å². The maximum atomic E-state index is 12.0. The topological polar surface area (TPSA) is 126 Å². The first-order chi connectivity index (χ1) is 10.5. The number of rotatable bonds is 7. The van der Waals surface area contributed by atoms with Crippen LogP contribution in [-0.2, 0) is 22.4 Å².